The van der Waals surface area contributed by atoms with Gasteiger partial charge in [0, 0.05) is 18.7 Å². The first-order valence-electron chi connectivity index (χ1n) is 5.20. The minimum absolute atomic E-state index is 0.211. The van der Waals surface area contributed by atoms with Gasteiger partial charge in [0.1, 0.15) is 0 Å². The molecule has 2 heterocycles. The molecule has 1 fully saturated rings. The van der Waals surface area contributed by atoms with E-state index in [4.69, 9.17) is 4.42 Å². The van der Waals surface area contributed by atoms with Crippen LogP contribution in [0.25, 0.3) is 0 Å². The maximum atomic E-state index is 10.5. The number of carbonyl (C=O) groups excluding carboxylic acids is 1. The zero-order valence-electron chi connectivity index (χ0n) is 8.72. The first kappa shape index (κ1) is 10.2. The maximum absolute atomic E-state index is 10.5. The van der Waals surface area contributed by atoms with Crippen molar-refractivity contribution in [1.82, 2.24) is 0 Å². The van der Waals surface area contributed by atoms with Crippen molar-refractivity contribution in [2.45, 2.75) is 31.9 Å². The summed E-state index contributed by atoms with van der Waals surface area (Å²) in [5.74, 6) is 1.07. The van der Waals surface area contributed by atoms with Crippen LogP contribution in [0, 0.1) is 0 Å². The molecule has 0 aliphatic carbocycles. The zero-order chi connectivity index (χ0) is 10.8. The molecule has 0 unspecified atom stereocenters. The monoisotopic (exact) mass is 209 g/mol. The summed E-state index contributed by atoms with van der Waals surface area (Å²) in [7, 11) is 0. The molecule has 1 N–H and O–H groups in total. The Bertz CT molecular complexity index is 347. The lowest BCUT2D eigenvalue weighted by atomic mass is 10.0. The van der Waals surface area contributed by atoms with Crippen molar-refractivity contribution >= 4 is 12.2 Å². The SMILES string of the molecule is C[C@@H]1C[C@H](O)CCN1c1ccc(C=O)o1. The molecule has 2 atom stereocenters. The predicted octanol–water partition coefficient (Wildman–Crippen LogP) is 1.44. The summed E-state index contributed by atoms with van der Waals surface area (Å²) in [6.45, 7) is 2.82. The lowest BCUT2D eigenvalue weighted by Crippen LogP contribution is -2.42. The van der Waals surface area contributed by atoms with E-state index in [0.29, 0.717) is 12.0 Å². The van der Waals surface area contributed by atoms with E-state index in [1.54, 1.807) is 12.1 Å². The predicted molar refractivity (Wildman–Crippen MR) is 56.1 cm³/mol. The van der Waals surface area contributed by atoms with Crippen molar-refractivity contribution in [2.24, 2.45) is 0 Å². The number of aliphatic hydroxyl groups is 1. The Hall–Kier alpha value is -1.29. The van der Waals surface area contributed by atoms with E-state index in [9.17, 15) is 9.90 Å². The fourth-order valence-corrected chi connectivity index (χ4v) is 2.03. The van der Waals surface area contributed by atoms with Gasteiger partial charge in [-0.15, -0.1) is 0 Å². The van der Waals surface area contributed by atoms with Crippen LogP contribution in [0.3, 0.4) is 0 Å². The van der Waals surface area contributed by atoms with Gasteiger partial charge in [-0.1, -0.05) is 0 Å². The maximum Gasteiger partial charge on any atom is 0.196 e. The van der Waals surface area contributed by atoms with Crippen molar-refractivity contribution < 1.29 is 14.3 Å². The number of anilines is 1. The van der Waals surface area contributed by atoms with Crippen molar-refractivity contribution in [1.29, 1.82) is 0 Å². The summed E-state index contributed by atoms with van der Waals surface area (Å²) in [6.07, 6.45) is 1.99. The van der Waals surface area contributed by atoms with E-state index in [2.05, 4.69) is 4.90 Å². The molecule has 1 aliphatic heterocycles. The molecule has 0 bridgehead atoms. The lowest BCUT2D eigenvalue weighted by Gasteiger charge is -2.35. The van der Waals surface area contributed by atoms with Gasteiger partial charge in [-0.2, -0.15) is 0 Å². The number of hydrogen-bond acceptors (Lipinski definition) is 4. The molecule has 1 saturated heterocycles. The van der Waals surface area contributed by atoms with E-state index in [0.717, 1.165) is 25.3 Å². The topological polar surface area (TPSA) is 53.7 Å². The van der Waals surface area contributed by atoms with Gasteiger partial charge in [0.25, 0.3) is 0 Å². The average molecular weight is 209 g/mol. The van der Waals surface area contributed by atoms with Gasteiger partial charge in [0.15, 0.2) is 17.9 Å². The van der Waals surface area contributed by atoms with Crippen LogP contribution in [-0.2, 0) is 0 Å². The summed E-state index contributed by atoms with van der Waals surface area (Å²) in [5.41, 5.74) is 0. The second kappa shape index (κ2) is 4.06. The van der Waals surface area contributed by atoms with E-state index in [-0.39, 0.29) is 12.1 Å². The molecule has 82 valence electrons. The molecule has 4 heteroatoms. The van der Waals surface area contributed by atoms with Crippen molar-refractivity contribution in [3.05, 3.63) is 17.9 Å². The number of nitrogens with zero attached hydrogens (tertiary/aromatic N) is 1. The van der Waals surface area contributed by atoms with Crippen LogP contribution in [0.4, 0.5) is 5.88 Å². The minimum atomic E-state index is -0.211. The van der Waals surface area contributed by atoms with Gasteiger partial charge in [-0.3, -0.25) is 4.79 Å². The van der Waals surface area contributed by atoms with Crippen LogP contribution in [0.15, 0.2) is 16.5 Å². The van der Waals surface area contributed by atoms with Crippen LogP contribution >= 0.6 is 0 Å². The van der Waals surface area contributed by atoms with Gasteiger partial charge >= 0.3 is 0 Å². The van der Waals surface area contributed by atoms with Gasteiger partial charge in [0.05, 0.1) is 6.10 Å². The van der Waals surface area contributed by atoms with Crippen LogP contribution in [-0.4, -0.2) is 30.1 Å². The van der Waals surface area contributed by atoms with Gasteiger partial charge in [0.2, 0.25) is 0 Å². The highest BCUT2D eigenvalue weighted by Gasteiger charge is 2.25. The zero-order valence-corrected chi connectivity index (χ0v) is 8.72. The first-order valence-corrected chi connectivity index (χ1v) is 5.20. The van der Waals surface area contributed by atoms with Gasteiger partial charge < -0.3 is 14.4 Å². The number of rotatable bonds is 2. The minimum Gasteiger partial charge on any atom is -0.438 e. The number of aldehydes is 1. The number of aliphatic hydroxyl groups excluding tert-OH is 1. The lowest BCUT2D eigenvalue weighted by molar-refractivity contribution is 0.109. The summed E-state index contributed by atoms with van der Waals surface area (Å²) in [4.78, 5) is 12.6. The Kier molecular flexibility index (Phi) is 2.77. The number of furan rings is 1. The number of carbonyl (C=O) groups is 1. The van der Waals surface area contributed by atoms with E-state index < -0.39 is 0 Å². The van der Waals surface area contributed by atoms with E-state index in [1.807, 2.05) is 6.92 Å². The molecule has 0 saturated carbocycles. The standard InChI is InChI=1S/C11H15NO3/c1-8-6-9(14)4-5-12(8)11-3-2-10(7-13)15-11/h2-3,7-9,14H,4-6H2,1H3/t8-,9-/m1/s1. The van der Waals surface area contributed by atoms with Crippen LogP contribution in [0.2, 0.25) is 0 Å². The van der Waals surface area contributed by atoms with Crippen LogP contribution in [0.1, 0.15) is 30.3 Å². The van der Waals surface area contributed by atoms with Crippen molar-refractivity contribution in [3.63, 3.8) is 0 Å². The molecule has 2 rings (SSSR count). The van der Waals surface area contributed by atoms with Crippen LogP contribution in [0.5, 0.6) is 0 Å². The van der Waals surface area contributed by atoms with Crippen molar-refractivity contribution in [3.8, 4) is 0 Å². The molecule has 0 spiro atoms. The quantitative estimate of drug-likeness (QED) is 0.749. The van der Waals surface area contributed by atoms with Crippen LogP contribution < -0.4 is 4.90 Å². The third-order valence-electron chi connectivity index (χ3n) is 2.86. The highest BCUT2D eigenvalue weighted by Crippen LogP contribution is 2.26. The molecule has 1 aliphatic rings. The number of piperidine rings is 1. The molecular weight excluding hydrogens is 194 g/mol. The molecule has 0 radical (unpaired) electrons. The third-order valence-corrected chi connectivity index (χ3v) is 2.86. The summed E-state index contributed by atoms with van der Waals surface area (Å²) >= 11 is 0. The summed E-state index contributed by atoms with van der Waals surface area (Å²) in [5, 5.41) is 9.48. The van der Waals surface area contributed by atoms with E-state index >= 15 is 0 Å². The fraction of sp³-hybridized carbons (Fsp3) is 0.545. The Morgan fingerprint density at radius 1 is 1.60 bits per heavy atom. The Balaban J connectivity index is 2.12. The Labute approximate surface area is 88.5 Å². The largest absolute Gasteiger partial charge is 0.438 e. The molecule has 0 amide bonds. The molecule has 1 aromatic heterocycles. The van der Waals surface area contributed by atoms with Gasteiger partial charge in [-0.05, 0) is 25.8 Å². The Morgan fingerprint density at radius 2 is 2.40 bits per heavy atom. The highest BCUT2D eigenvalue weighted by molar-refractivity contribution is 5.71. The smallest absolute Gasteiger partial charge is 0.196 e. The van der Waals surface area contributed by atoms with Gasteiger partial charge in [-0.25, -0.2) is 0 Å². The second-order valence-electron chi connectivity index (χ2n) is 4.01. The Morgan fingerprint density at radius 3 is 3.00 bits per heavy atom. The summed E-state index contributed by atoms with van der Waals surface area (Å²) < 4.78 is 5.35. The number of hydrogen-bond donors (Lipinski definition) is 1. The molecular formula is C11H15NO3. The molecule has 4 nitrogen and oxygen atoms in total. The highest BCUT2D eigenvalue weighted by atomic mass is 16.4. The normalized spacial score (nSPS) is 26.7. The first-order chi connectivity index (χ1) is 7.20. The molecule has 0 aromatic carbocycles. The molecule has 15 heavy (non-hydrogen) atoms. The molecule has 1 aromatic rings. The average Bonchev–Trinajstić information content (AvgIpc) is 2.66. The second-order valence-corrected chi connectivity index (χ2v) is 4.01. The van der Waals surface area contributed by atoms with Crippen molar-refractivity contribution in [2.75, 3.05) is 11.4 Å². The fourth-order valence-electron chi connectivity index (χ4n) is 2.03. The third kappa shape index (κ3) is 2.04. The van der Waals surface area contributed by atoms with E-state index in [1.165, 1.54) is 0 Å². The summed E-state index contributed by atoms with van der Waals surface area (Å²) in [6, 6.07) is 3.72.